The first-order valence-corrected chi connectivity index (χ1v) is 9.53. The van der Waals surface area contributed by atoms with Crippen molar-refractivity contribution in [3.8, 4) is 0 Å². The highest BCUT2D eigenvalue weighted by Gasteiger charge is 2.42. The second-order valence-corrected chi connectivity index (χ2v) is 9.08. The summed E-state index contributed by atoms with van der Waals surface area (Å²) in [6, 6.07) is 0. The number of aliphatic hydroxyl groups is 1. The zero-order valence-electron chi connectivity index (χ0n) is 11.2. The van der Waals surface area contributed by atoms with Gasteiger partial charge in [0.2, 0.25) is 5.91 Å². The maximum atomic E-state index is 11.9. The highest BCUT2D eigenvalue weighted by Crippen LogP contribution is 2.28. The summed E-state index contributed by atoms with van der Waals surface area (Å²) < 4.78 is 22.6. The smallest absolute Gasteiger partial charge is 0.232 e. The van der Waals surface area contributed by atoms with E-state index in [1.165, 1.54) is 11.8 Å². The van der Waals surface area contributed by atoms with Crippen molar-refractivity contribution in [3.63, 3.8) is 0 Å². The molecule has 0 saturated carbocycles. The molecule has 2 aliphatic rings. The molecule has 2 rings (SSSR count). The van der Waals surface area contributed by atoms with Crippen LogP contribution in [0.2, 0.25) is 0 Å². The molecule has 0 aromatic carbocycles. The minimum atomic E-state index is -2.87. The summed E-state index contributed by atoms with van der Waals surface area (Å²) in [4.78, 5) is 13.5. The average molecular weight is 307 g/mol. The van der Waals surface area contributed by atoms with Crippen LogP contribution in [0.5, 0.6) is 0 Å². The summed E-state index contributed by atoms with van der Waals surface area (Å²) in [7, 11) is -2.87. The molecule has 0 spiro atoms. The highest BCUT2D eigenvalue weighted by atomic mass is 32.2. The summed E-state index contributed by atoms with van der Waals surface area (Å²) >= 11 is 1.43. The Kier molecular flexibility index (Phi) is 4.47. The van der Waals surface area contributed by atoms with Gasteiger partial charge in [-0.25, -0.2) is 8.42 Å². The molecule has 0 bridgehead atoms. The zero-order valence-corrected chi connectivity index (χ0v) is 12.8. The number of likely N-dealkylation sites (tertiary alicyclic amines) is 1. The Morgan fingerprint density at radius 3 is 2.68 bits per heavy atom. The quantitative estimate of drug-likeness (QED) is 0.790. The number of hydrogen-bond donors (Lipinski definition) is 1. The van der Waals surface area contributed by atoms with Gasteiger partial charge in [0.05, 0.1) is 35.9 Å². The summed E-state index contributed by atoms with van der Waals surface area (Å²) in [6.07, 6.45) is 2.29. The van der Waals surface area contributed by atoms with Crippen molar-refractivity contribution in [3.05, 3.63) is 0 Å². The number of amides is 1. The van der Waals surface area contributed by atoms with E-state index >= 15 is 0 Å². The molecule has 1 amide bonds. The van der Waals surface area contributed by atoms with E-state index in [-0.39, 0.29) is 22.7 Å². The Morgan fingerprint density at radius 2 is 2.16 bits per heavy atom. The molecular formula is C12H21NO4S2. The number of rotatable bonds is 5. The van der Waals surface area contributed by atoms with Gasteiger partial charge in [-0.1, -0.05) is 13.3 Å². The van der Waals surface area contributed by atoms with Gasteiger partial charge < -0.3 is 10.0 Å². The molecule has 0 radical (unpaired) electrons. The van der Waals surface area contributed by atoms with Crippen molar-refractivity contribution in [2.24, 2.45) is 0 Å². The number of hydrogen-bond acceptors (Lipinski definition) is 5. The molecule has 0 aromatic rings. The van der Waals surface area contributed by atoms with Crippen LogP contribution in [0.15, 0.2) is 0 Å². The monoisotopic (exact) mass is 307 g/mol. The largest absolute Gasteiger partial charge is 0.386 e. The summed E-state index contributed by atoms with van der Waals surface area (Å²) in [5.41, 5.74) is -0.689. The van der Waals surface area contributed by atoms with E-state index in [0.717, 1.165) is 12.8 Å². The van der Waals surface area contributed by atoms with Crippen molar-refractivity contribution >= 4 is 27.5 Å². The van der Waals surface area contributed by atoms with E-state index in [9.17, 15) is 18.3 Å². The fraction of sp³-hybridized carbons (Fsp3) is 0.917. The molecule has 5 nitrogen and oxygen atoms in total. The molecule has 1 N–H and O–H groups in total. The van der Waals surface area contributed by atoms with Gasteiger partial charge in [-0.3, -0.25) is 4.79 Å². The SMILES string of the molecule is CCCC1(O)CN(C(=O)CSC2CCS(=O)(=O)C2)C1. The molecule has 2 saturated heterocycles. The van der Waals surface area contributed by atoms with Crippen molar-refractivity contribution in [2.75, 3.05) is 30.3 Å². The zero-order chi connectivity index (χ0) is 14.1. The number of nitrogens with zero attached hydrogens (tertiary/aromatic N) is 1. The molecule has 1 atom stereocenters. The summed E-state index contributed by atoms with van der Waals surface area (Å²) in [6.45, 7) is 2.85. The predicted octanol–water partition coefficient (Wildman–Crippen LogP) is 0.280. The topological polar surface area (TPSA) is 74.7 Å². The Labute approximate surface area is 118 Å². The Morgan fingerprint density at radius 1 is 1.47 bits per heavy atom. The maximum Gasteiger partial charge on any atom is 0.232 e. The van der Waals surface area contributed by atoms with Gasteiger partial charge in [0.25, 0.3) is 0 Å². The van der Waals surface area contributed by atoms with Crippen LogP contribution in [-0.4, -0.2) is 65.5 Å². The molecule has 0 aliphatic carbocycles. The molecule has 19 heavy (non-hydrogen) atoms. The van der Waals surface area contributed by atoms with Crippen molar-refractivity contribution in [1.29, 1.82) is 0 Å². The van der Waals surface area contributed by atoms with Crippen molar-refractivity contribution in [1.82, 2.24) is 4.90 Å². The Bertz CT molecular complexity index is 443. The van der Waals surface area contributed by atoms with Crippen LogP contribution in [0.25, 0.3) is 0 Å². The lowest BCUT2D eigenvalue weighted by molar-refractivity contribution is -0.153. The molecule has 7 heteroatoms. The van der Waals surface area contributed by atoms with Gasteiger partial charge in [-0.05, 0) is 12.8 Å². The fourth-order valence-corrected chi connectivity index (χ4v) is 6.18. The first-order valence-electron chi connectivity index (χ1n) is 6.66. The van der Waals surface area contributed by atoms with Crippen LogP contribution < -0.4 is 0 Å². The Hall–Kier alpha value is -0.270. The molecule has 110 valence electrons. The first-order chi connectivity index (χ1) is 8.84. The first kappa shape index (κ1) is 15.1. The number of carbonyl (C=O) groups excluding carboxylic acids is 1. The third kappa shape index (κ3) is 3.86. The molecule has 1 unspecified atom stereocenters. The second-order valence-electron chi connectivity index (χ2n) is 5.56. The van der Waals surface area contributed by atoms with Gasteiger partial charge in [0, 0.05) is 5.25 Å². The maximum absolute atomic E-state index is 11.9. The van der Waals surface area contributed by atoms with Crippen molar-refractivity contribution < 1.29 is 18.3 Å². The number of sulfone groups is 1. The van der Waals surface area contributed by atoms with E-state index in [1.807, 2.05) is 6.92 Å². The van der Waals surface area contributed by atoms with E-state index in [1.54, 1.807) is 4.90 Å². The van der Waals surface area contributed by atoms with Crippen LogP contribution in [0.4, 0.5) is 0 Å². The van der Waals surface area contributed by atoms with E-state index in [2.05, 4.69) is 0 Å². The highest BCUT2D eigenvalue weighted by molar-refractivity contribution is 8.02. The van der Waals surface area contributed by atoms with E-state index < -0.39 is 15.4 Å². The van der Waals surface area contributed by atoms with E-state index in [4.69, 9.17) is 0 Å². The lowest BCUT2D eigenvalue weighted by atomic mass is 9.89. The van der Waals surface area contributed by atoms with Gasteiger partial charge >= 0.3 is 0 Å². The van der Waals surface area contributed by atoms with E-state index in [0.29, 0.717) is 25.3 Å². The van der Waals surface area contributed by atoms with Crippen LogP contribution in [0.1, 0.15) is 26.2 Å². The molecular weight excluding hydrogens is 286 g/mol. The third-order valence-electron chi connectivity index (χ3n) is 3.67. The summed E-state index contributed by atoms with van der Waals surface area (Å²) in [5.74, 6) is 0.779. The molecule has 2 heterocycles. The van der Waals surface area contributed by atoms with Crippen LogP contribution in [-0.2, 0) is 14.6 Å². The standard InChI is InChI=1S/C12H21NO4S2/c1-2-4-12(15)8-13(9-12)11(14)6-18-10-3-5-19(16,17)7-10/h10,15H,2-9H2,1H3. The van der Waals surface area contributed by atoms with Crippen LogP contribution in [0, 0.1) is 0 Å². The predicted molar refractivity (Wildman–Crippen MR) is 76.0 cm³/mol. The van der Waals surface area contributed by atoms with Gasteiger partial charge in [-0.15, -0.1) is 11.8 Å². The minimum absolute atomic E-state index is 0.00933. The number of β-amino-alcohol motifs (C(OH)–C–C–N with tert-alkyl or cyclic N) is 1. The average Bonchev–Trinajstić information content (AvgIpc) is 2.63. The molecule has 2 aliphatic heterocycles. The molecule has 2 fully saturated rings. The Balaban J connectivity index is 1.69. The minimum Gasteiger partial charge on any atom is -0.386 e. The van der Waals surface area contributed by atoms with Gasteiger partial charge in [0.15, 0.2) is 9.84 Å². The fourth-order valence-electron chi connectivity index (χ4n) is 2.64. The van der Waals surface area contributed by atoms with Crippen LogP contribution in [0.3, 0.4) is 0 Å². The van der Waals surface area contributed by atoms with Gasteiger partial charge in [0.1, 0.15) is 0 Å². The second kappa shape index (κ2) is 5.61. The lowest BCUT2D eigenvalue weighted by Gasteiger charge is -2.46. The number of carbonyl (C=O) groups is 1. The number of thioether (sulfide) groups is 1. The lowest BCUT2D eigenvalue weighted by Crippen LogP contribution is -2.63. The van der Waals surface area contributed by atoms with Crippen molar-refractivity contribution in [2.45, 2.75) is 37.0 Å². The third-order valence-corrected chi connectivity index (χ3v) is 6.94. The van der Waals surface area contributed by atoms with Crippen LogP contribution >= 0.6 is 11.8 Å². The molecule has 0 aromatic heterocycles. The van der Waals surface area contributed by atoms with Gasteiger partial charge in [-0.2, -0.15) is 0 Å². The summed E-state index contributed by atoms with van der Waals surface area (Å²) in [5, 5.41) is 10.1. The normalized spacial score (nSPS) is 28.1.